The molecule has 0 saturated heterocycles. The Morgan fingerprint density at radius 3 is 2.62 bits per heavy atom. The first-order valence-corrected chi connectivity index (χ1v) is 7.75. The summed E-state index contributed by atoms with van der Waals surface area (Å²) >= 11 is 0. The molecule has 1 N–H and O–H groups in total. The van der Waals surface area contributed by atoms with E-state index in [1.807, 2.05) is 19.1 Å². The lowest BCUT2D eigenvalue weighted by Gasteiger charge is -2.09. The number of benzene rings is 2. The van der Waals surface area contributed by atoms with E-state index in [1.54, 1.807) is 30.3 Å². The van der Waals surface area contributed by atoms with Crippen LogP contribution in [0.2, 0.25) is 0 Å². The molecule has 0 unspecified atom stereocenters. The van der Waals surface area contributed by atoms with Gasteiger partial charge in [0, 0.05) is 0 Å². The summed E-state index contributed by atoms with van der Waals surface area (Å²) in [5, 5.41) is 12.5. The minimum absolute atomic E-state index is 0.0712. The van der Waals surface area contributed by atoms with Gasteiger partial charge in [-0.1, -0.05) is 6.07 Å². The molecule has 0 aliphatic heterocycles. The van der Waals surface area contributed by atoms with Gasteiger partial charge in [0.2, 0.25) is 0 Å². The number of nitrogens with one attached hydrogen (secondary N) is 1. The van der Waals surface area contributed by atoms with E-state index in [0.717, 1.165) is 5.56 Å². The topological polar surface area (TPSA) is 92.9 Å². The van der Waals surface area contributed by atoms with Crippen molar-refractivity contribution >= 4 is 12.1 Å². The fourth-order valence-electron chi connectivity index (χ4n) is 2.21. The Bertz CT molecular complexity index is 856. The van der Waals surface area contributed by atoms with Crippen LogP contribution in [0.25, 0.3) is 0 Å². The summed E-state index contributed by atoms with van der Waals surface area (Å²) in [4.78, 5) is 12.2. The van der Waals surface area contributed by atoms with Crippen LogP contribution in [0.5, 0.6) is 17.2 Å². The van der Waals surface area contributed by atoms with Crippen LogP contribution in [-0.2, 0) is 0 Å². The summed E-state index contributed by atoms with van der Waals surface area (Å²) < 4.78 is 15.7. The van der Waals surface area contributed by atoms with Gasteiger partial charge in [-0.2, -0.15) is 10.4 Å². The minimum atomic E-state index is -0.376. The first-order valence-electron chi connectivity index (χ1n) is 7.75. The predicted molar refractivity (Wildman–Crippen MR) is 96.9 cm³/mol. The van der Waals surface area contributed by atoms with Crippen molar-refractivity contribution in [2.24, 2.45) is 5.10 Å². The maximum atomic E-state index is 12.2. The highest BCUT2D eigenvalue weighted by Crippen LogP contribution is 2.27. The van der Waals surface area contributed by atoms with Gasteiger partial charge in [0.15, 0.2) is 18.1 Å². The number of nitrogens with zero attached hydrogens (tertiary/aromatic N) is 2. The fraction of sp³-hybridized carbons (Fsp3) is 0.211. The standard InChI is InChI=1S/C19H19N3O4/c1-13-4-6-15(17(10-13)24-2)19(23)22-21-12-14-5-7-16(26-9-8-20)18(11-14)25-3/h4-7,10-12H,9H2,1-3H3,(H,22,23). The molecule has 0 saturated carbocycles. The first kappa shape index (κ1) is 18.8. The van der Waals surface area contributed by atoms with E-state index in [0.29, 0.717) is 28.4 Å². The average molecular weight is 353 g/mol. The van der Waals surface area contributed by atoms with Crippen LogP contribution in [0.1, 0.15) is 21.5 Å². The van der Waals surface area contributed by atoms with Crippen molar-refractivity contribution in [2.45, 2.75) is 6.92 Å². The number of carbonyl (C=O) groups is 1. The second kappa shape index (κ2) is 9.08. The lowest BCUT2D eigenvalue weighted by molar-refractivity contribution is 0.0952. The maximum absolute atomic E-state index is 12.2. The number of ether oxygens (including phenoxy) is 3. The molecule has 7 heteroatoms. The van der Waals surface area contributed by atoms with Crippen molar-refractivity contribution in [1.82, 2.24) is 5.43 Å². The summed E-state index contributed by atoms with van der Waals surface area (Å²) in [6, 6.07) is 12.3. The molecule has 0 radical (unpaired) electrons. The third-order valence-corrected chi connectivity index (χ3v) is 3.46. The molecular formula is C19H19N3O4. The van der Waals surface area contributed by atoms with E-state index in [2.05, 4.69) is 10.5 Å². The molecule has 0 heterocycles. The zero-order valence-electron chi connectivity index (χ0n) is 14.8. The van der Waals surface area contributed by atoms with E-state index in [9.17, 15) is 4.79 Å². The second-order valence-corrected chi connectivity index (χ2v) is 5.26. The van der Waals surface area contributed by atoms with Crippen LogP contribution >= 0.6 is 0 Å². The van der Waals surface area contributed by atoms with Crippen molar-refractivity contribution in [3.8, 4) is 23.3 Å². The Balaban J connectivity index is 2.08. The molecule has 0 bridgehead atoms. The highest BCUT2D eigenvalue weighted by molar-refractivity contribution is 5.97. The van der Waals surface area contributed by atoms with Crippen LogP contribution in [0.4, 0.5) is 0 Å². The van der Waals surface area contributed by atoms with Crippen LogP contribution in [-0.4, -0.2) is 32.9 Å². The first-order chi connectivity index (χ1) is 12.6. The quantitative estimate of drug-likeness (QED) is 0.610. The Morgan fingerprint density at radius 2 is 1.92 bits per heavy atom. The zero-order valence-corrected chi connectivity index (χ0v) is 14.8. The summed E-state index contributed by atoms with van der Waals surface area (Å²) in [6.45, 7) is 1.85. The SMILES string of the molecule is COc1cc(C=NNC(=O)c2ccc(C)cc2OC)ccc1OCC#N. The molecule has 0 fully saturated rings. The maximum Gasteiger partial charge on any atom is 0.275 e. The van der Waals surface area contributed by atoms with Crippen molar-refractivity contribution < 1.29 is 19.0 Å². The lowest BCUT2D eigenvalue weighted by Crippen LogP contribution is -2.18. The Hall–Kier alpha value is -3.53. The number of nitriles is 1. The van der Waals surface area contributed by atoms with Crippen molar-refractivity contribution in [2.75, 3.05) is 20.8 Å². The van der Waals surface area contributed by atoms with Gasteiger partial charge in [-0.3, -0.25) is 4.79 Å². The van der Waals surface area contributed by atoms with Gasteiger partial charge in [-0.15, -0.1) is 0 Å². The van der Waals surface area contributed by atoms with Gasteiger partial charge >= 0.3 is 0 Å². The number of methoxy groups -OCH3 is 2. The smallest absolute Gasteiger partial charge is 0.275 e. The van der Waals surface area contributed by atoms with Crippen LogP contribution in [0, 0.1) is 18.3 Å². The van der Waals surface area contributed by atoms with Crippen molar-refractivity contribution in [3.63, 3.8) is 0 Å². The van der Waals surface area contributed by atoms with Crippen molar-refractivity contribution in [3.05, 3.63) is 53.1 Å². The number of rotatable bonds is 7. The summed E-state index contributed by atoms with van der Waals surface area (Å²) in [7, 11) is 3.01. The lowest BCUT2D eigenvalue weighted by atomic mass is 10.1. The second-order valence-electron chi connectivity index (χ2n) is 5.26. The predicted octanol–water partition coefficient (Wildman–Crippen LogP) is 2.68. The van der Waals surface area contributed by atoms with Gasteiger partial charge in [-0.05, 0) is 48.4 Å². The van der Waals surface area contributed by atoms with Gasteiger partial charge in [0.1, 0.15) is 11.8 Å². The minimum Gasteiger partial charge on any atom is -0.496 e. The number of hydrogen-bond acceptors (Lipinski definition) is 6. The van der Waals surface area contributed by atoms with E-state index >= 15 is 0 Å². The van der Waals surface area contributed by atoms with Gasteiger partial charge in [0.05, 0.1) is 26.0 Å². The van der Waals surface area contributed by atoms with E-state index < -0.39 is 0 Å². The number of hydrazone groups is 1. The Morgan fingerprint density at radius 1 is 1.15 bits per heavy atom. The zero-order chi connectivity index (χ0) is 18.9. The van der Waals surface area contributed by atoms with Crippen LogP contribution in [0.15, 0.2) is 41.5 Å². The van der Waals surface area contributed by atoms with E-state index in [-0.39, 0.29) is 12.5 Å². The molecule has 2 aromatic rings. The number of hydrogen-bond donors (Lipinski definition) is 1. The fourth-order valence-corrected chi connectivity index (χ4v) is 2.21. The monoisotopic (exact) mass is 353 g/mol. The molecule has 0 aliphatic carbocycles. The van der Waals surface area contributed by atoms with Gasteiger partial charge in [0.25, 0.3) is 5.91 Å². The third kappa shape index (κ3) is 4.74. The molecule has 26 heavy (non-hydrogen) atoms. The van der Waals surface area contributed by atoms with E-state index in [1.165, 1.54) is 20.4 Å². The van der Waals surface area contributed by atoms with Crippen molar-refractivity contribution in [1.29, 1.82) is 5.26 Å². The molecule has 0 aromatic heterocycles. The third-order valence-electron chi connectivity index (χ3n) is 3.46. The molecule has 2 rings (SSSR count). The molecule has 2 aromatic carbocycles. The number of aryl methyl sites for hydroxylation is 1. The molecular weight excluding hydrogens is 334 g/mol. The van der Waals surface area contributed by atoms with Gasteiger partial charge in [-0.25, -0.2) is 5.43 Å². The van der Waals surface area contributed by atoms with Crippen LogP contribution in [0.3, 0.4) is 0 Å². The normalized spacial score (nSPS) is 10.2. The van der Waals surface area contributed by atoms with Crippen LogP contribution < -0.4 is 19.6 Å². The van der Waals surface area contributed by atoms with E-state index in [4.69, 9.17) is 19.5 Å². The average Bonchev–Trinajstić information content (AvgIpc) is 2.66. The summed E-state index contributed by atoms with van der Waals surface area (Å²) in [5.41, 5.74) is 4.55. The molecule has 0 aliphatic rings. The molecule has 0 spiro atoms. The highest BCUT2D eigenvalue weighted by Gasteiger charge is 2.11. The molecule has 0 atom stereocenters. The molecule has 1 amide bonds. The Kier molecular flexibility index (Phi) is 6.57. The molecule has 7 nitrogen and oxygen atoms in total. The highest BCUT2D eigenvalue weighted by atomic mass is 16.5. The molecule has 134 valence electrons. The summed E-state index contributed by atoms with van der Waals surface area (Å²) in [5.74, 6) is 1.03. The number of carbonyl (C=O) groups excluding carboxylic acids is 1. The summed E-state index contributed by atoms with van der Waals surface area (Å²) in [6.07, 6.45) is 1.48. The largest absolute Gasteiger partial charge is 0.496 e. The van der Waals surface area contributed by atoms with Gasteiger partial charge < -0.3 is 14.2 Å². The Labute approximate surface area is 151 Å². The number of amides is 1.